The molecule has 0 saturated carbocycles. The van der Waals surface area contributed by atoms with Gasteiger partial charge in [0, 0.05) is 0 Å². The highest BCUT2D eigenvalue weighted by Crippen LogP contribution is 2.07. The molecule has 1 aliphatic rings. The summed E-state index contributed by atoms with van der Waals surface area (Å²) < 4.78 is 14.9. The van der Waals surface area contributed by atoms with Gasteiger partial charge in [-0.25, -0.2) is 0 Å². The third kappa shape index (κ3) is 8.23. The van der Waals surface area contributed by atoms with Gasteiger partial charge in [-0.05, 0) is 12.1 Å². The quantitative estimate of drug-likeness (QED) is 0.582. The van der Waals surface area contributed by atoms with Crippen molar-refractivity contribution < 1.29 is 19.3 Å². The van der Waals surface area contributed by atoms with Crippen LogP contribution in [-0.4, -0.2) is 44.7 Å². The zero-order chi connectivity index (χ0) is 11.5. The van der Waals surface area contributed by atoms with Gasteiger partial charge in [-0.15, -0.1) is 0 Å². The van der Waals surface area contributed by atoms with Gasteiger partial charge in [0.15, 0.2) is 0 Å². The maximum Gasteiger partial charge on any atom is 0.119 e. The number of epoxide rings is 1. The second-order valence-corrected chi connectivity index (χ2v) is 3.11. The van der Waals surface area contributed by atoms with E-state index in [-0.39, 0.29) is 6.61 Å². The van der Waals surface area contributed by atoms with Gasteiger partial charge in [0.2, 0.25) is 0 Å². The van der Waals surface area contributed by atoms with Crippen molar-refractivity contribution in [3.63, 3.8) is 0 Å². The molecule has 90 valence electrons. The summed E-state index contributed by atoms with van der Waals surface area (Å²) in [7, 11) is 0. The lowest BCUT2D eigenvalue weighted by atomic mass is 10.3. The maximum absolute atomic E-state index is 8.42. The van der Waals surface area contributed by atoms with E-state index in [1.165, 1.54) is 0 Å². The Morgan fingerprint density at radius 3 is 2.31 bits per heavy atom. The molecule has 16 heavy (non-hydrogen) atoms. The van der Waals surface area contributed by atoms with E-state index in [4.69, 9.17) is 14.6 Å². The van der Waals surface area contributed by atoms with Crippen LogP contribution in [0.5, 0.6) is 5.75 Å². The van der Waals surface area contributed by atoms with Crippen molar-refractivity contribution >= 4 is 0 Å². The number of para-hydroxylation sites is 1. The Labute approximate surface area is 95.8 Å². The largest absolute Gasteiger partial charge is 0.491 e. The number of aliphatic hydroxyl groups excluding tert-OH is 1. The Bertz CT molecular complexity index is 246. The van der Waals surface area contributed by atoms with Crippen molar-refractivity contribution in [2.24, 2.45) is 0 Å². The first-order chi connectivity index (χ1) is 7.93. The normalized spacial score (nSPS) is 12.6. The minimum atomic E-state index is 0.0609. The van der Waals surface area contributed by atoms with E-state index in [1.807, 2.05) is 30.3 Å². The molecule has 0 unspecified atom stereocenters. The Balaban J connectivity index is 0.000000365. The molecule has 0 amide bonds. The number of hydrogen-bond donors (Lipinski definition) is 1. The van der Waals surface area contributed by atoms with Gasteiger partial charge in [-0.3, -0.25) is 0 Å². The molecule has 0 spiro atoms. The molecule has 1 aliphatic heterocycles. The van der Waals surface area contributed by atoms with Crippen LogP contribution in [0.3, 0.4) is 0 Å². The molecule has 0 atom stereocenters. The molecular weight excluding hydrogens is 208 g/mol. The Hall–Kier alpha value is -1.10. The summed E-state index contributed by atoms with van der Waals surface area (Å²) in [5, 5.41) is 8.42. The van der Waals surface area contributed by atoms with Crippen LogP contribution in [0.2, 0.25) is 0 Å². The monoisotopic (exact) mass is 226 g/mol. The zero-order valence-electron chi connectivity index (χ0n) is 9.30. The maximum atomic E-state index is 8.42. The van der Waals surface area contributed by atoms with Crippen molar-refractivity contribution in [2.75, 3.05) is 39.6 Å². The highest BCUT2D eigenvalue weighted by molar-refractivity contribution is 5.20. The fourth-order valence-electron chi connectivity index (χ4n) is 0.902. The topological polar surface area (TPSA) is 51.2 Å². The van der Waals surface area contributed by atoms with Crippen LogP contribution in [0.15, 0.2) is 30.3 Å². The van der Waals surface area contributed by atoms with Gasteiger partial charge in [0.25, 0.3) is 0 Å². The molecule has 1 aromatic carbocycles. The standard InChI is InChI=1S/C10H14O3.C2H4O/c11-6-7-12-8-9-13-10-4-2-1-3-5-10;1-2-3-1/h1-5,11H,6-9H2;1-2H2. The highest BCUT2D eigenvalue weighted by atomic mass is 16.6. The van der Waals surface area contributed by atoms with E-state index >= 15 is 0 Å². The van der Waals surface area contributed by atoms with E-state index < -0.39 is 0 Å². The summed E-state index contributed by atoms with van der Waals surface area (Å²) in [5.41, 5.74) is 0. The molecule has 1 saturated heterocycles. The van der Waals surface area contributed by atoms with Crippen molar-refractivity contribution in [2.45, 2.75) is 0 Å². The van der Waals surface area contributed by atoms with Gasteiger partial charge >= 0.3 is 0 Å². The summed E-state index contributed by atoms with van der Waals surface area (Å²) in [4.78, 5) is 0. The average molecular weight is 226 g/mol. The lowest BCUT2D eigenvalue weighted by Gasteiger charge is -2.05. The predicted molar refractivity (Wildman–Crippen MR) is 60.7 cm³/mol. The predicted octanol–water partition coefficient (Wildman–Crippen LogP) is 1.09. The molecule has 1 aromatic rings. The fourth-order valence-corrected chi connectivity index (χ4v) is 0.902. The SMILES string of the molecule is C1CO1.OCCOCCOc1ccccc1. The molecule has 0 bridgehead atoms. The third-order valence-corrected chi connectivity index (χ3v) is 1.68. The highest BCUT2D eigenvalue weighted by Gasteiger charge is 1.94. The van der Waals surface area contributed by atoms with Crippen molar-refractivity contribution in [3.05, 3.63) is 30.3 Å². The molecule has 0 aromatic heterocycles. The van der Waals surface area contributed by atoms with Crippen LogP contribution in [0.1, 0.15) is 0 Å². The van der Waals surface area contributed by atoms with Gasteiger partial charge in [-0.1, -0.05) is 18.2 Å². The van der Waals surface area contributed by atoms with Crippen molar-refractivity contribution in [3.8, 4) is 5.75 Å². The van der Waals surface area contributed by atoms with E-state index in [0.29, 0.717) is 19.8 Å². The minimum absolute atomic E-state index is 0.0609. The molecule has 1 N–H and O–H groups in total. The molecule has 1 fully saturated rings. The van der Waals surface area contributed by atoms with Gasteiger partial charge < -0.3 is 19.3 Å². The van der Waals surface area contributed by atoms with Crippen LogP contribution in [0, 0.1) is 0 Å². The minimum Gasteiger partial charge on any atom is -0.491 e. The van der Waals surface area contributed by atoms with Gasteiger partial charge in [0.1, 0.15) is 12.4 Å². The molecule has 0 aliphatic carbocycles. The van der Waals surface area contributed by atoms with Gasteiger partial charge in [0.05, 0.1) is 33.0 Å². The summed E-state index contributed by atoms with van der Waals surface area (Å²) in [6, 6.07) is 9.57. The summed E-state index contributed by atoms with van der Waals surface area (Å²) in [6.45, 7) is 3.46. The summed E-state index contributed by atoms with van der Waals surface area (Å²) in [6.07, 6.45) is 0. The Kier molecular flexibility index (Phi) is 7.42. The molecule has 0 radical (unpaired) electrons. The van der Waals surface area contributed by atoms with E-state index in [9.17, 15) is 0 Å². The lowest BCUT2D eigenvalue weighted by molar-refractivity contribution is 0.0705. The molecule has 1 heterocycles. The number of benzene rings is 1. The van der Waals surface area contributed by atoms with Crippen LogP contribution >= 0.6 is 0 Å². The first-order valence-electron chi connectivity index (χ1n) is 5.37. The number of hydrogen-bond acceptors (Lipinski definition) is 4. The molecular formula is C12H18O4. The Morgan fingerprint density at radius 1 is 1.06 bits per heavy atom. The van der Waals surface area contributed by atoms with E-state index in [0.717, 1.165) is 19.0 Å². The van der Waals surface area contributed by atoms with Crippen LogP contribution in [0.25, 0.3) is 0 Å². The molecule has 4 nitrogen and oxygen atoms in total. The number of rotatable bonds is 6. The van der Waals surface area contributed by atoms with Crippen LogP contribution in [-0.2, 0) is 9.47 Å². The third-order valence-electron chi connectivity index (χ3n) is 1.68. The second-order valence-electron chi connectivity index (χ2n) is 3.11. The first kappa shape index (κ1) is 13.0. The number of aliphatic hydroxyl groups is 1. The van der Waals surface area contributed by atoms with Crippen molar-refractivity contribution in [1.82, 2.24) is 0 Å². The lowest BCUT2D eigenvalue weighted by Crippen LogP contribution is -2.08. The number of ether oxygens (including phenoxy) is 3. The van der Waals surface area contributed by atoms with Crippen LogP contribution < -0.4 is 4.74 Å². The van der Waals surface area contributed by atoms with Gasteiger partial charge in [-0.2, -0.15) is 0 Å². The fraction of sp³-hybridized carbons (Fsp3) is 0.500. The molecule has 2 rings (SSSR count). The van der Waals surface area contributed by atoms with E-state index in [1.54, 1.807) is 0 Å². The Morgan fingerprint density at radius 2 is 1.75 bits per heavy atom. The first-order valence-corrected chi connectivity index (χ1v) is 5.37. The van der Waals surface area contributed by atoms with Crippen molar-refractivity contribution in [1.29, 1.82) is 0 Å². The van der Waals surface area contributed by atoms with E-state index in [2.05, 4.69) is 4.74 Å². The summed E-state index contributed by atoms with van der Waals surface area (Å²) >= 11 is 0. The summed E-state index contributed by atoms with van der Waals surface area (Å²) in [5.74, 6) is 0.843. The average Bonchev–Trinajstić information content (AvgIpc) is 3.18. The molecule has 4 heteroatoms. The second kappa shape index (κ2) is 9.15. The van der Waals surface area contributed by atoms with Crippen LogP contribution in [0.4, 0.5) is 0 Å². The smallest absolute Gasteiger partial charge is 0.119 e. The zero-order valence-corrected chi connectivity index (χ0v) is 9.30.